The van der Waals surface area contributed by atoms with Crippen molar-refractivity contribution in [3.8, 4) is 0 Å². The third kappa shape index (κ3) is 2.39. The molecule has 2 aromatic rings. The summed E-state index contributed by atoms with van der Waals surface area (Å²) in [6.45, 7) is 2.88. The van der Waals surface area contributed by atoms with Crippen LogP contribution in [-0.2, 0) is 4.74 Å². The van der Waals surface area contributed by atoms with Crippen LogP contribution < -0.4 is 5.32 Å². The number of rotatable bonds is 3. The Morgan fingerprint density at radius 3 is 3.11 bits per heavy atom. The van der Waals surface area contributed by atoms with Crippen molar-refractivity contribution in [2.45, 2.75) is 25.0 Å². The van der Waals surface area contributed by atoms with E-state index in [0.717, 1.165) is 10.9 Å². The van der Waals surface area contributed by atoms with Crippen LogP contribution in [0, 0.1) is 0 Å². The quantitative estimate of drug-likeness (QED) is 0.876. The van der Waals surface area contributed by atoms with Crippen LogP contribution in [0.25, 0.3) is 10.9 Å². The Hall–Kier alpha value is -1.72. The van der Waals surface area contributed by atoms with Gasteiger partial charge in [0.25, 0.3) is 0 Å². The van der Waals surface area contributed by atoms with Gasteiger partial charge in [0, 0.05) is 31.2 Å². The first-order valence-corrected chi connectivity index (χ1v) is 6.47. The van der Waals surface area contributed by atoms with E-state index in [0.29, 0.717) is 25.5 Å². The maximum absolute atomic E-state index is 10.4. The standard InChI is InChI=1S/C14H17N3O2/c1-10-14(18,6-7-19-10)9-16-13-15-8-11-4-2-3-5-12(11)17-13/h2-5,8,10,18H,6-7,9H2,1H3,(H,15,16,17). The van der Waals surface area contributed by atoms with Crippen LogP contribution in [0.4, 0.5) is 5.95 Å². The highest BCUT2D eigenvalue weighted by molar-refractivity contribution is 5.78. The Morgan fingerprint density at radius 1 is 1.47 bits per heavy atom. The van der Waals surface area contributed by atoms with Gasteiger partial charge in [-0.1, -0.05) is 18.2 Å². The first kappa shape index (κ1) is 12.3. The summed E-state index contributed by atoms with van der Waals surface area (Å²) in [5.41, 5.74) is 0.0531. The van der Waals surface area contributed by atoms with Crippen molar-refractivity contribution >= 4 is 16.9 Å². The molecule has 2 N–H and O–H groups in total. The van der Waals surface area contributed by atoms with Crippen LogP contribution in [0.5, 0.6) is 0 Å². The molecular formula is C14H17N3O2. The molecule has 0 amide bonds. The van der Waals surface area contributed by atoms with E-state index in [4.69, 9.17) is 4.74 Å². The average molecular weight is 259 g/mol. The van der Waals surface area contributed by atoms with Crippen LogP contribution >= 0.6 is 0 Å². The van der Waals surface area contributed by atoms with E-state index in [-0.39, 0.29) is 6.10 Å². The smallest absolute Gasteiger partial charge is 0.223 e. The van der Waals surface area contributed by atoms with Crippen molar-refractivity contribution in [3.63, 3.8) is 0 Å². The van der Waals surface area contributed by atoms with Gasteiger partial charge in [0.1, 0.15) is 5.60 Å². The number of aliphatic hydroxyl groups is 1. The number of benzene rings is 1. The third-order valence-electron chi connectivity index (χ3n) is 3.70. The Balaban J connectivity index is 1.75. The second-order valence-corrected chi connectivity index (χ2v) is 4.97. The number of anilines is 1. The summed E-state index contributed by atoms with van der Waals surface area (Å²) < 4.78 is 5.40. The molecule has 0 radical (unpaired) electrons. The van der Waals surface area contributed by atoms with Crippen LogP contribution in [0.2, 0.25) is 0 Å². The molecule has 100 valence electrons. The maximum Gasteiger partial charge on any atom is 0.223 e. The van der Waals surface area contributed by atoms with Crippen molar-refractivity contribution in [1.82, 2.24) is 9.97 Å². The molecule has 0 spiro atoms. The molecule has 2 atom stereocenters. The van der Waals surface area contributed by atoms with Gasteiger partial charge in [-0.25, -0.2) is 9.97 Å². The normalized spacial score (nSPS) is 26.7. The summed E-state index contributed by atoms with van der Waals surface area (Å²) in [5.74, 6) is 0.534. The van der Waals surface area contributed by atoms with Crippen LogP contribution in [0.3, 0.4) is 0 Å². The molecule has 3 rings (SSSR count). The van der Waals surface area contributed by atoms with Gasteiger partial charge in [0.2, 0.25) is 5.95 Å². The molecule has 1 aromatic carbocycles. The Kier molecular flexibility index (Phi) is 3.08. The second kappa shape index (κ2) is 4.75. The molecule has 2 unspecified atom stereocenters. The fourth-order valence-electron chi connectivity index (χ4n) is 2.29. The fraction of sp³-hybridized carbons (Fsp3) is 0.429. The van der Waals surface area contributed by atoms with Crippen molar-refractivity contribution in [1.29, 1.82) is 0 Å². The van der Waals surface area contributed by atoms with Crippen molar-refractivity contribution in [3.05, 3.63) is 30.5 Å². The van der Waals surface area contributed by atoms with E-state index in [1.165, 1.54) is 0 Å². The summed E-state index contributed by atoms with van der Waals surface area (Å²) >= 11 is 0. The zero-order valence-electron chi connectivity index (χ0n) is 10.8. The predicted molar refractivity (Wildman–Crippen MR) is 73.0 cm³/mol. The monoisotopic (exact) mass is 259 g/mol. The summed E-state index contributed by atoms with van der Waals surface area (Å²) in [6, 6.07) is 7.82. The summed E-state index contributed by atoms with van der Waals surface area (Å²) in [6.07, 6.45) is 2.25. The minimum absolute atomic E-state index is 0.166. The lowest BCUT2D eigenvalue weighted by atomic mass is 9.97. The first-order chi connectivity index (χ1) is 9.17. The lowest BCUT2D eigenvalue weighted by molar-refractivity contribution is -0.0176. The zero-order chi connectivity index (χ0) is 13.3. The summed E-state index contributed by atoms with van der Waals surface area (Å²) in [5, 5.41) is 14.5. The number of aromatic nitrogens is 2. The molecule has 1 aliphatic heterocycles. The highest BCUT2D eigenvalue weighted by Gasteiger charge is 2.39. The summed E-state index contributed by atoms with van der Waals surface area (Å²) in [4.78, 5) is 8.67. The topological polar surface area (TPSA) is 67.3 Å². The van der Waals surface area contributed by atoms with Crippen molar-refractivity contribution < 1.29 is 9.84 Å². The van der Waals surface area contributed by atoms with Crippen LogP contribution in [-0.4, -0.2) is 39.9 Å². The fourth-order valence-corrected chi connectivity index (χ4v) is 2.29. The number of para-hydroxylation sites is 1. The summed E-state index contributed by atoms with van der Waals surface area (Å²) in [7, 11) is 0. The minimum Gasteiger partial charge on any atom is -0.385 e. The molecule has 0 aliphatic carbocycles. The highest BCUT2D eigenvalue weighted by atomic mass is 16.5. The van der Waals surface area contributed by atoms with E-state index in [2.05, 4.69) is 15.3 Å². The van der Waals surface area contributed by atoms with Gasteiger partial charge in [-0.3, -0.25) is 0 Å². The molecule has 5 nitrogen and oxygen atoms in total. The molecule has 1 fully saturated rings. The number of fused-ring (bicyclic) bond motifs is 1. The Bertz CT molecular complexity index is 590. The number of nitrogens with one attached hydrogen (secondary N) is 1. The molecule has 1 aromatic heterocycles. The SMILES string of the molecule is CC1OCCC1(O)CNc1ncc2ccccc2n1. The van der Waals surface area contributed by atoms with E-state index >= 15 is 0 Å². The van der Waals surface area contributed by atoms with E-state index in [1.54, 1.807) is 6.20 Å². The van der Waals surface area contributed by atoms with Gasteiger partial charge < -0.3 is 15.2 Å². The minimum atomic E-state index is -0.838. The van der Waals surface area contributed by atoms with Gasteiger partial charge in [-0.15, -0.1) is 0 Å². The number of hydrogen-bond donors (Lipinski definition) is 2. The number of hydrogen-bond acceptors (Lipinski definition) is 5. The average Bonchev–Trinajstić information content (AvgIpc) is 2.77. The predicted octanol–water partition coefficient (Wildman–Crippen LogP) is 1.58. The first-order valence-electron chi connectivity index (χ1n) is 6.47. The Morgan fingerprint density at radius 2 is 2.32 bits per heavy atom. The van der Waals surface area contributed by atoms with E-state index < -0.39 is 5.60 Å². The zero-order valence-corrected chi connectivity index (χ0v) is 10.8. The van der Waals surface area contributed by atoms with Gasteiger partial charge in [-0.05, 0) is 13.0 Å². The van der Waals surface area contributed by atoms with Gasteiger partial charge in [0.05, 0.1) is 11.6 Å². The van der Waals surface area contributed by atoms with Crippen LogP contribution in [0.15, 0.2) is 30.5 Å². The number of ether oxygens (including phenoxy) is 1. The lowest BCUT2D eigenvalue weighted by Gasteiger charge is -2.26. The lowest BCUT2D eigenvalue weighted by Crippen LogP contribution is -2.43. The molecule has 0 saturated carbocycles. The van der Waals surface area contributed by atoms with E-state index in [9.17, 15) is 5.11 Å². The largest absolute Gasteiger partial charge is 0.385 e. The van der Waals surface area contributed by atoms with E-state index in [1.807, 2.05) is 31.2 Å². The maximum atomic E-state index is 10.4. The second-order valence-electron chi connectivity index (χ2n) is 4.97. The Labute approximate surface area is 111 Å². The molecule has 1 saturated heterocycles. The van der Waals surface area contributed by atoms with Gasteiger partial charge in [-0.2, -0.15) is 0 Å². The van der Waals surface area contributed by atoms with Crippen LogP contribution in [0.1, 0.15) is 13.3 Å². The number of nitrogens with zero attached hydrogens (tertiary/aromatic N) is 2. The molecule has 2 heterocycles. The van der Waals surface area contributed by atoms with Gasteiger partial charge in [0.15, 0.2) is 0 Å². The molecule has 1 aliphatic rings. The van der Waals surface area contributed by atoms with Crippen molar-refractivity contribution in [2.75, 3.05) is 18.5 Å². The third-order valence-corrected chi connectivity index (χ3v) is 3.70. The molecule has 19 heavy (non-hydrogen) atoms. The molecule has 0 bridgehead atoms. The molecule has 5 heteroatoms. The van der Waals surface area contributed by atoms with Gasteiger partial charge >= 0.3 is 0 Å². The van der Waals surface area contributed by atoms with Crippen molar-refractivity contribution in [2.24, 2.45) is 0 Å². The highest BCUT2D eigenvalue weighted by Crippen LogP contribution is 2.25. The molecular weight excluding hydrogens is 242 g/mol.